The van der Waals surface area contributed by atoms with E-state index in [1.165, 1.54) is 4.31 Å². The van der Waals surface area contributed by atoms with Crippen molar-refractivity contribution < 1.29 is 22.7 Å². The molecule has 0 bridgehead atoms. The predicted octanol–water partition coefficient (Wildman–Crippen LogP) is 2.47. The van der Waals surface area contributed by atoms with Crippen molar-refractivity contribution in [3.63, 3.8) is 0 Å². The number of benzene rings is 2. The molecule has 0 radical (unpaired) electrons. The molecule has 0 aromatic heterocycles. The van der Waals surface area contributed by atoms with Crippen LogP contribution in [0.3, 0.4) is 0 Å². The molecular formula is C24H31N3O5S. The third kappa shape index (κ3) is 6.11. The normalized spacial score (nSPS) is 14.8. The molecule has 1 fully saturated rings. The van der Waals surface area contributed by atoms with E-state index in [4.69, 9.17) is 4.74 Å². The molecule has 178 valence electrons. The van der Waals surface area contributed by atoms with Gasteiger partial charge in [0.1, 0.15) is 5.75 Å². The number of rotatable bonds is 8. The van der Waals surface area contributed by atoms with E-state index in [1.807, 2.05) is 19.1 Å². The van der Waals surface area contributed by atoms with E-state index >= 15 is 0 Å². The minimum absolute atomic E-state index is 0.143. The second-order valence-electron chi connectivity index (χ2n) is 8.15. The van der Waals surface area contributed by atoms with Crippen LogP contribution >= 0.6 is 0 Å². The summed E-state index contributed by atoms with van der Waals surface area (Å²) in [7, 11) is -3.61. The smallest absolute Gasteiger partial charge is 0.251 e. The number of carbonyl (C=O) groups is 2. The Morgan fingerprint density at radius 3 is 2.12 bits per heavy atom. The number of piperazine rings is 1. The summed E-state index contributed by atoms with van der Waals surface area (Å²) in [5.74, 6) is 0.408. The van der Waals surface area contributed by atoms with Gasteiger partial charge in [-0.15, -0.1) is 0 Å². The lowest BCUT2D eigenvalue weighted by molar-refractivity contribution is -0.131. The maximum atomic E-state index is 12.9. The Bertz CT molecular complexity index is 1060. The first-order valence-corrected chi connectivity index (χ1v) is 12.5. The van der Waals surface area contributed by atoms with E-state index < -0.39 is 10.0 Å². The molecule has 0 atom stereocenters. The van der Waals surface area contributed by atoms with E-state index in [2.05, 4.69) is 19.2 Å². The van der Waals surface area contributed by atoms with Gasteiger partial charge < -0.3 is 15.0 Å². The van der Waals surface area contributed by atoms with Crippen molar-refractivity contribution in [1.29, 1.82) is 0 Å². The van der Waals surface area contributed by atoms with Gasteiger partial charge in [0.15, 0.2) is 0 Å². The molecule has 8 nitrogen and oxygen atoms in total. The molecule has 0 saturated carbocycles. The van der Waals surface area contributed by atoms with E-state index in [1.54, 1.807) is 41.3 Å². The summed E-state index contributed by atoms with van der Waals surface area (Å²) in [6.45, 7) is 7.38. The Hall–Kier alpha value is -2.91. The van der Waals surface area contributed by atoms with Crippen molar-refractivity contribution in [3.8, 4) is 5.75 Å². The van der Waals surface area contributed by atoms with Crippen LogP contribution in [0.4, 0.5) is 0 Å². The summed E-state index contributed by atoms with van der Waals surface area (Å²) in [4.78, 5) is 26.7. The molecule has 3 rings (SSSR count). The highest BCUT2D eigenvalue weighted by atomic mass is 32.2. The molecule has 2 aromatic carbocycles. The molecule has 2 aromatic rings. The first kappa shape index (κ1) is 24.7. The van der Waals surface area contributed by atoms with Gasteiger partial charge in [-0.25, -0.2) is 8.42 Å². The number of carbonyl (C=O) groups excluding carboxylic acids is 2. The fourth-order valence-corrected chi connectivity index (χ4v) is 5.01. The maximum Gasteiger partial charge on any atom is 0.251 e. The Morgan fingerprint density at radius 2 is 1.58 bits per heavy atom. The van der Waals surface area contributed by atoms with Crippen molar-refractivity contribution in [2.75, 3.05) is 39.3 Å². The topological polar surface area (TPSA) is 96.0 Å². The molecule has 1 N–H and O–H groups in total. The van der Waals surface area contributed by atoms with Crippen LogP contribution in [0.2, 0.25) is 0 Å². The molecule has 0 aliphatic carbocycles. The zero-order chi connectivity index (χ0) is 24.0. The number of hydrogen-bond acceptors (Lipinski definition) is 5. The highest BCUT2D eigenvalue weighted by Crippen LogP contribution is 2.21. The quantitative estimate of drug-likeness (QED) is 0.636. The van der Waals surface area contributed by atoms with Gasteiger partial charge in [-0.3, -0.25) is 9.59 Å². The van der Waals surface area contributed by atoms with Crippen molar-refractivity contribution in [2.24, 2.45) is 0 Å². The van der Waals surface area contributed by atoms with E-state index in [-0.39, 0.29) is 49.4 Å². The zero-order valence-corrected chi connectivity index (χ0v) is 20.1. The third-order valence-electron chi connectivity index (χ3n) is 5.60. The van der Waals surface area contributed by atoms with Crippen molar-refractivity contribution in [2.45, 2.75) is 31.6 Å². The van der Waals surface area contributed by atoms with Gasteiger partial charge in [0.2, 0.25) is 15.9 Å². The molecular weight excluding hydrogens is 442 g/mol. The van der Waals surface area contributed by atoms with Gasteiger partial charge in [0, 0.05) is 31.7 Å². The van der Waals surface area contributed by atoms with Gasteiger partial charge in [0.05, 0.1) is 18.0 Å². The SMILES string of the molecule is CCOc1ccc(C(=O)NCC(=O)N2CCN(S(=O)(=O)c3ccc(C(C)C)cc3)CC2)cc1. The predicted molar refractivity (Wildman–Crippen MR) is 126 cm³/mol. The van der Waals surface area contributed by atoms with Gasteiger partial charge in [-0.2, -0.15) is 4.31 Å². The highest BCUT2D eigenvalue weighted by Gasteiger charge is 2.30. The molecule has 0 spiro atoms. The third-order valence-corrected chi connectivity index (χ3v) is 7.52. The van der Waals surface area contributed by atoms with E-state index in [0.717, 1.165) is 5.56 Å². The van der Waals surface area contributed by atoms with Gasteiger partial charge >= 0.3 is 0 Å². The molecule has 1 aliphatic rings. The number of amides is 2. The second kappa shape index (κ2) is 10.8. The summed E-state index contributed by atoms with van der Waals surface area (Å²) in [5, 5.41) is 2.63. The minimum atomic E-state index is -3.61. The molecule has 1 saturated heterocycles. The Kier molecular flexibility index (Phi) is 8.10. The number of sulfonamides is 1. The van der Waals surface area contributed by atoms with Crippen LogP contribution in [0.25, 0.3) is 0 Å². The molecule has 9 heteroatoms. The fourth-order valence-electron chi connectivity index (χ4n) is 3.59. The average molecular weight is 474 g/mol. The molecule has 1 heterocycles. The van der Waals surface area contributed by atoms with Crippen LogP contribution in [0.5, 0.6) is 5.75 Å². The van der Waals surface area contributed by atoms with Gasteiger partial charge in [-0.1, -0.05) is 26.0 Å². The number of hydrogen-bond donors (Lipinski definition) is 1. The largest absolute Gasteiger partial charge is 0.494 e. The highest BCUT2D eigenvalue weighted by molar-refractivity contribution is 7.89. The summed E-state index contributed by atoms with van der Waals surface area (Å²) in [5.41, 5.74) is 1.52. The lowest BCUT2D eigenvalue weighted by Crippen LogP contribution is -2.52. The fraction of sp³-hybridized carbons (Fsp3) is 0.417. The molecule has 33 heavy (non-hydrogen) atoms. The molecule has 1 aliphatic heterocycles. The van der Waals surface area contributed by atoms with E-state index in [0.29, 0.717) is 23.8 Å². The van der Waals surface area contributed by atoms with Gasteiger partial charge in [-0.05, 0) is 54.8 Å². The summed E-state index contributed by atoms with van der Waals surface area (Å²) in [6, 6.07) is 13.6. The van der Waals surface area contributed by atoms with Crippen LogP contribution in [0.1, 0.15) is 42.6 Å². The first-order chi connectivity index (χ1) is 15.7. The van der Waals surface area contributed by atoms with Crippen LogP contribution in [0, 0.1) is 0 Å². The lowest BCUT2D eigenvalue weighted by Gasteiger charge is -2.34. The lowest BCUT2D eigenvalue weighted by atomic mass is 10.0. The summed E-state index contributed by atoms with van der Waals surface area (Å²) in [6.07, 6.45) is 0. The van der Waals surface area contributed by atoms with Crippen LogP contribution in [-0.2, 0) is 14.8 Å². The average Bonchev–Trinajstić information content (AvgIpc) is 2.83. The van der Waals surface area contributed by atoms with Crippen LogP contribution < -0.4 is 10.1 Å². The van der Waals surface area contributed by atoms with Crippen LogP contribution in [-0.4, -0.2) is 68.8 Å². The number of ether oxygens (including phenoxy) is 1. The Labute approximate surface area is 195 Å². The van der Waals surface area contributed by atoms with Gasteiger partial charge in [0.25, 0.3) is 5.91 Å². The van der Waals surface area contributed by atoms with Crippen molar-refractivity contribution in [3.05, 3.63) is 59.7 Å². The molecule has 0 unspecified atom stereocenters. The number of nitrogens with one attached hydrogen (secondary N) is 1. The summed E-state index contributed by atoms with van der Waals surface area (Å²) < 4.78 is 32.6. The van der Waals surface area contributed by atoms with Crippen LogP contribution in [0.15, 0.2) is 53.4 Å². The Morgan fingerprint density at radius 1 is 0.970 bits per heavy atom. The summed E-state index contributed by atoms with van der Waals surface area (Å²) >= 11 is 0. The first-order valence-electron chi connectivity index (χ1n) is 11.1. The maximum absolute atomic E-state index is 12.9. The standard InChI is InChI=1S/C24H31N3O5S/c1-4-32-21-9-5-20(6-10-21)24(29)25-17-23(28)26-13-15-27(16-14-26)33(30,31)22-11-7-19(8-12-22)18(2)3/h5-12,18H,4,13-17H2,1-3H3,(H,25,29). The zero-order valence-electron chi connectivity index (χ0n) is 19.3. The van der Waals surface area contributed by atoms with E-state index in [9.17, 15) is 18.0 Å². The van der Waals surface area contributed by atoms with Crippen molar-refractivity contribution >= 4 is 21.8 Å². The number of nitrogens with zero attached hydrogens (tertiary/aromatic N) is 2. The van der Waals surface area contributed by atoms with Crippen molar-refractivity contribution in [1.82, 2.24) is 14.5 Å². The Balaban J connectivity index is 1.50. The molecule has 2 amide bonds. The monoisotopic (exact) mass is 473 g/mol. The minimum Gasteiger partial charge on any atom is -0.494 e. The second-order valence-corrected chi connectivity index (χ2v) is 10.1.